The first kappa shape index (κ1) is 11.9. The zero-order valence-corrected chi connectivity index (χ0v) is 7.39. The van der Waals surface area contributed by atoms with Crippen LogP contribution in [0.4, 0.5) is 0 Å². The van der Waals surface area contributed by atoms with Gasteiger partial charge < -0.3 is 10.3 Å². The molecule has 0 amide bonds. The van der Waals surface area contributed by atoms with E-state index in [-0.39, 0.29) is 13.2 Å². The van der Waals surface area contributed by atoms with Crippen molar-refractivity contribution < 1.29 is 25.6 Å². The quantitative estimate of drug-likeness (QED) is 0.373. The van der Waals surface area contributed by atoms with Crippen LogP contribution in [-0.4, -0.2) is 30.3 Å². The van der Waals surface area contributed by atoms with Crippen molar-refractivity contribution in [1.82, 2.24) is 4.89 Å². The van der Waals surface area contributed by atoms with Gasteiger partial charge in [-0.3, -0.25) is 4.18 Å². The Balaban J connectivity index is 3.80. The Morgan fingerprint density at radius 1 is 1.58 bits per heavy atom. The lowest BCUT2D eigenvalue weighted by Gasteiger charge is -2.06. The molecular formula is C2H7N2O6S2-. The van der Waals surface area contributed by atoms with Gasteiger partial charge in [-0.15, -0.1) is 0 Å². The van der Waals surface area contributed by atoms with E-state index in [1.807, 2.05) is 0 Å². The second-order valence-electron chi connectivity index (χ2n) is 1.44. The Bertz CT molecular complexity index is 236. The van der Waals surface area contributed by atoms with E-state index < -0.39 is 21.7 Å². The first-order valence-corrected chi connectivity index (χ1v) is 5.01. The van der Waals surface area contributed by atoms with Crippen LogP contribution in [0.15, 0.2) is 0 Å². The van der Waals surface area contributed by atoms with Crippen LogP contribution in [-0.2, 0) is 30.1 Å². The van der Waals surface area contributed by atoms with E-state index in [0.717, 1.165) is 0 Å². The van der Waals surface area contributed by atoms with Gasteiger partial charge in [-0.1, -0.05) is 4.89 Å². The summed E-state index contributed by atoms with van der Waals surface area (Å²) in [6.07, 6.45) is 0. The highest BCUT2D eigenvalue weighted by Crippen LogP contribution is 1.87. The molecule has 0 radical (unpaired) electrons. The lowest BCUT2D eigenvalue weighted by atomic mass is 10.8. The Morgan fingerprint density at radius 3 is 2.58 bits per heavy atom. The summed E-state index contributed by atoms with van der Waals surface area (Å²) in [6.45, 7) is -0.272. The zero-order chi connectivity index (χ0) is 9.61. The Hall–Kier alpha value is -0.100. The molecule has 10 heteroatoms. The van der Waals surface area contributed by atoms with Crippen LogP contribution in [0.2, 0.25) is 0 Å². The largest absolute Gasteiger partial charge is 0.748 e. The standard InChI is InChI=1S/C2H8N2O6S2/c3-1-2-9-12(7,8)4-10-11(5)6/h4H,1-3H2,(H,5,6)/p-1. The fraction of sp³-hybridized carbons (Fsp3) is 1.00. The van der Waals surface area contributed by atoms with E-state index in [4.69, 9.17) is 5.73 Å². The van der Waals surface area contributed by atoms with E-state index in [2.05, 4.69) is 8.47 Å². The molecule has 0 heterocycles. The highest BCUT2D eigenvalue weighted by atomic mass is 32.2. The maximum Gasteiger partial charge on any atom is 0.359 e. The summed E-state index contributed by atoms with van der Waals surface area (Å²) in [7, 11) is -4.18. The van der Waals surface area contributed by atoms with Gasteiger partial charge in [0.15, 0.2) is 0 Å². The highest BCUT2D eigenvalue weighted by molar-refractivity contribution is 7.85. The minimum absolute atomic E-state index is 0.0125. The lowest BCUT2D eigenvalue weighted by Crippen LogP contribution is -2.28. The first-order chi connectivity index (χ1) is 5.48. The van der Waals surface area contributed by atoms with Crippen LogP contribution >= 0.6 is 0 Å². The fourth-order valence-corrected chi connectivity index (χ4v) is 1.17. The molecule has 3 N–H and O–H groups in total. The van der Waals surface area contributed by atoms with Gasteiger partial charge in [-0.2, -0.15) is 12.7 Å². The van der Waals surface area contributed by atoms with Crippen LogP contribution in [0.1, 0.15) is 0 Å². The molecule has 0 saturated carbocycles. The third-order valence-electron chi connectivity index (χ3n) is 0.560. The van der Waals surface area contributed by atoms with Gasteiger partial charge in [-0.05, 0) is 0 Å². The van der Waals surface area contributed by atoms with Crippen molar-refractivity contribution in [2.24, 2.45) is 5.73 Å². The minimum Gasteiger partial charge on any atom is -0.748 e. The maximum atomic E-state index is 10.5. The molecule has 8 nitrogen and oxygen atoms in total. The molecule has 1 unspecified atom stereocenters. The SMILES string of the molecule is NCCOS(=O)(=O)NOS(=O)[O-]. The molecule has 0 aromatic heterocycles. The lowest BCUT2D eigenvalue weighted by molar-refractivity contribution is 0.224. The van der Waals surface area contributed by atoms with E-state index in [1.165, 1.54) is 4.89 Å². The van der Waals surface area contributed by atoms with E-state index in [0.29, 0.717) is 0 Å². The van der Waals surface area contributed by atoms with E-state index >= 15 is 0 Å². The van der Waals surface area contributed by atoms with Crippen molar-refractivity contribution in [1.29, 1.82) is 0 Å². The van der Waals surface area contributed by atoms with Gasteiger partial charge in [-0.25, -0.2) is 4.21 Å². The zero-order valence-electron chi connectivity index (χ0n) is 5.76. The topological polar surface area (TPSA) is 131 Å². The van der Waals surface area contributed by atoms with Gasteiger partial charge in [0.1, 0.15) is 11.4 Å². The number of hydrogen-bond donors (Lipinski definition) is 2. The monoisotopic (exact) mass is 219 g/mol. The molecule has 0 aliphatic rings. The smallest absolute Gasteiger partial charge is 0.359 e. The maximum absolute atomic E-state index is 10.5. The summed E-state index contributed by atoms with van der Waals surface area (Å²) in [5.74, 6) is 0. The Kier molecular flexibility index (Phi) is 5.48. The third-order valence-corrected chi connectivity index (χ3v) is 1.65. The molecule has 12 heavy (non-hydrogen) atoms. The molecule has 74 valence electrons. The number of rotatable bonds is 6. The second-order valence-corrected chi connectivity index (χ2v) is 3.32. The Morgan fingerprint density at radius 2 is 2.17 bits per heavy atom. The van der Waals surface area contributed by atoms with Gasteiger partial charge in [0.05, 0.1) is 6.61 Å². The van der Waals surface area contributed by atoms with Crippen molar-refractivity contribution >= 4 is 21.7 Å². The number of nitrogens with two attached hydrogens (primary N) is 1. The summed E-state index contributed by atoms with van der Waals surface area (Å²) < 4.78 is 48.0. The summed E-state index contributed by atoms with van der Waals surface area (Å²) in [6, 6.07) is 0. The summed E-state index contributed by atoms with van der Waals surface area (Å²) in [5.41, 5.74) is 4.91. The predicted molar refractivity (Wildman–Crippen MR) is 37.1 cm³/mol. The van der Waals surface area contributed by atoms with Crippen LogP contribution in [0.3, 0.4) is 0 Å². The van der Waals surface area contributed by atoms with Crippen LogP contribution in [0, 0.1) is 0 Å². The molecule has 0 aliphatic heterocycles. The van der Waals surface area contributed by atoms with E-state index in [9.17, 15) is 17.2 Å². The third kappa shape index (κ3) is 6.60. The molecule has 0 rings (SSSR count). The van der Waals surface area contributed by atoms with Crippen LogP contribution in [0.25, 0.3) is 0 Å². The van der Waals surface area contributed by atoms with Crippen LogP contribution in [0.5, 0.6) is 0 Å². The van der Waals surface area contributed by atoms with Crippen molar-refractivity contribution in [2.75, 3.05) is 13.2 Å². The van der Waals surface area contributed by atoms with E-state index in [1.54, 1.807) is 0 Å². The normalized spacial score (nSPS) is 14.5. The molecule has 0 aromatic carbocycles. The Labute approximate surface area is 71.7 Å². The van der Waals surface area contributed by atoms with Crippen LogP contribution < -0.4 is 10.6 Å². The molecule has 0 spiro atoms. The van der Waals surface area contributed by atoms with Gasteiger partial charge in [0.25, 0.3) is 0 Å². The van der Waals surface area contributed by atoms with Crippen molar-refractivity contribution in [3.05, 3.63) is 0 Å². The van der Waals surface area contributed by atoms with Crippen molar-refractivity contribution in [3.8, 4) is 0 Å². The average Bonchev–Trinajstić information content (AvgIpc) is 1.98. The molecule has 0 bridgehead atoms. The molecule has 0 fully saturated rings. The van der Waals surface area contributed by atoms with Gasteiger partial charge in [0.2, 0.25) is 0 Å². The highest BCUT2D eigenvalue weighted by Gasteiger charge is 2.09. The predicted octanol–water partition coefficient (Wildman–Crippen LogP) is -2.48. The minimum atomic E-state index is -4.18. The molecule has 1 atom stereocenters. The summed E-state index contributed by atoms with van der Waals surface area (Å²) in [5, 5.41) is 0. The molecule has 0 saturated heterocycles. The second kappa shape index (κ2) is 5.53. The number of hydrogen-bond acceptors (Lipinski definition) is 7. The van der Waals surface area contributed by atoms with Crippen molar-refractivity contribution in [3.63, 3.8) is 0 Å². The average molecular weight is 219 g/mol. The first-order valence-electron chi connectivity index (χ1n) is 2.61. The molecule has 0 aliphatic carbocycles. The number of nitrogens with one attached hydrogen (secondary N) is 1. The summed E-state index contributed by atoms with van der Waals surface area (Å²) in [4.78, 5) is 1.18. The van der Waals surface area contributed by atoms with Crippen molar-refractivity contribution in [2.45, 2.75) is 0 Å². The summed E-state index contributed by atoms with van der Waals surface area (Å²) >= 11 is -2.97. The molecule has 0 aromatic rings. The fourth-order valence-electron chi connectivity index (χ4n) is 0.251. The van der Waals surface area contributed by atoms with Gasteiger partial charge >= 0.3 is 10.3 Å². The molecular weight excluding hydrogens is 212 g/mol. The van der Waals surface area contributed by atoms with Gasteiger partial charge in [0, 0.05) is 6.54 Å².